The number of amides is 1. The molecule has 2 aliphatic heterocycles. The van der Waals surface area contributed by atoms with E-state index in [1.165, 1.54) is 49.9 Å². The van der Waals surface area contributed by atoms with Crippen LogP contribution in [-0.4, -0.2) is 36.5 Å². The predicted octanol–water partition coefficient (Wildman–Crippen LogP) is 2.68. The molecule has 0 aromatic heterocycles. The molecule has 2 heterocycles. The Morgan fingerprint density at radius 2 is 1.88 bits per heavy atom. The van der Waals surface area contributed by atoms with Gasteiger partial charge in [0.1, 0.15) is 0 Å². The Labute approximate surface area is 146 Å². The number of nitrogens with zero attached hydrogens (tertiary/aromatic N) is 1. The first-order valence-corrected chi connectivity index (χ1v) is 9.52. The highest BCUT2D eigenvalue weighted by Gasteiger charge is 2.24. The first-order chi connectivity index (χ1) is 11.7. The Bertz CT molecular complexity index is 522. The second-order valence-corrected chi connectivity index (χ2v) is 7.51. The van der Waals surface area contributed by atoms with E-state index in [0.717, 1.165) is 19.5 Å². The molecule has 0 aliphatic carbocycles. The highest BCUT2D eigenvalue weighted by atomic mass is 16.2. The van der Waals surface area contributed by atoms with Gasteiger partial charge in [0.05, 0.1) is 6.04 Å². The van der Waals surface area contributed by atoms with Crippen LogP contribution in [0.25, 0.3) is 0 Å². The van der Waals surface area contributed by atoms with Crippen LogP contribution in [0.5, 0.6) is 0 Å². The minimum Gasteiger partial charge on any atom is -0.351 e. The number of nitrogens with one attached hydrogen (secondary N) is 2. The summed E-state index contributed by atoms with van der Waals surface area (Å²) in [5.74, 6) is 0.773. The van der Waals surface area contributed by atoms with Crippen molar-refractivity contribution < 1.29 is 4.79 Å². The second kappa shape index (κ2) is 8.63. The quantitative estimate of drug-likeness (QED) is 0.873. The van der Waals surface area contributed by atoms with E-state index in [2.05, 4.69) is 46.7 Å². The van der Waals surface area contributed by atoms with Gasteiger partial charge < -0.3 is 10.6 Å². The number of hydrogen-bond acceptors (Lipinski definition) is 3. The molecule has 1 amide bonds. The van der Waals surface area contributed by atoms with Crippen molar-refractivity contribution in [3.8, 4) is 0 Å². The molecule has 4 heteroatoms. The maximum Gasteiger partial charge on any atom is 0.237 e. The van der Waals surface area contributed by atoms with Crippen molar-refractivity contribution in [1.82, 2.24) is 15.5 Å². The zero-order valence-corrected chi connectivity index (χ0v) is 14.9. The molecule has 0 bridgehead atoms. The summed E-state index contributed by atoms with van der Waals surface area (Å²) in [5, 5.41) is 6.40. The third kappa shape index (κ3) is 5.05. The van der Waals surface area contributed by atoms with Crippen molar-refractivity contribution in [2.75, 3.05) is 19.6 Å². The first kappa shape index (κ1) is 17.4. The third-order valence-corrected chi connectivity index (χ3v) is 5.33. The summed E-state index contributed by atoms with van der Waals surface area (Å²) in [5.41, 5.74) is 2.55. The van der Waals surface area contributed by atoms with E-state index >= 15 is 0 Å². The molecule has 2 unspecified atom stereocenters. The van der Waals surface area contributed by atoms with Crippen molar-refractivity contribution in [2.45, 2.75) is 58.2 Å². The molecule has 24 heavy (non-hydrogen) atoms. The fraction of sp³-hybridized carbons (Fsp3) is 0.650. The Kier molecular flexibility index (Phi) is 6.27. The average Bonchev–Trinajstić information content (AvgIpc) is 2.62. The topological polar surface area (TPSA) is 44.4 Å². The number of carbonyl (C=O) groups excluding carboxylic acids is 1. The number of piperidine rings is 2. The second-order valence-electron chi connectivity index (χ2n) is 7.51. The molecule has 1 aromatic carbocycles. The molecule has 3 rings (SSSR count). The van der Waals surface area contributed by atoms with Gasteiger partial charge in [0.15, 0.2) is 0 Å². The average molecular weight is 329 g/mol. The highest BCUT2D eigenvalue weighted by molar-refractivity contribution is 5.81. The van der Waals surface area contributed by atoms with Crippen LogP contribution in [0, 0.1) is 5.92 Å². The van der Waals surface area contributed by atoms with Gasteiger partial charge in [-0.1, -0.05) is 37.6 Å². The lowest BCUT2D eigenvalue weighted by Gasteiger charge is -2.27. The highest BCUT2D eigenvalue weighted by Crippen LogP contribution is 2.16. The normalized spacial score (nSPS) is 25.4. The lowest BCUT2D eigenvalue weighted by atomic mass is 9.94. The van der Waals surface area contributed by atoms with Gasteiger partial charge in [0.2, 0.25) is 5.91 Å². The van der Waals surface area contributed by atoms with E-state index in [1.807, 2.05) is 0 Å². The van der Waals surface area contributed by atoms with E-state index in [0.29, 0.717) is 12.5 Å². The summed E-state index contributed by atoms with van der Waals surface area (Å²) in [7, 11) is 0. The number of hydrogen-bond donors (Lipinski definition) is 2. The first-order valence-electron chi connectivity index (χ1n) is 9.52. The molecule has 2 aliphatic rings. The van der Waals surface area contributed by atoms with Gasteiger partial charge in [-0.25, -0.2) is 0 Å². The summed E-state index contributed by atoms with van der Waals surface area (Å²) >= 11 is 0. The van der Waals surface area contributed by atoms with Gasteiger partial charge in [0, 0.05) is 13.1 Å². The fourth-order valence-electron chi connectivity index (χ4n) is 3.76. The molecule has 2 N–H and O–H groups in total. The predicted molar refractivity (Wildman–Crippen MR) is 97.6 cm³/mol. The van der Waals surface area contributed by atoms with E-state index < -0.39 is 0 Å². The molecule has 4 nitrogen and oxygen atoms in total. The van der Waals surface area contributed by atoms with Crippen LogP contribution < -0.4 is 10.6 Å². The van der Waals surface area contributed by atoms with Crippen LogP contribution in [0.4, 0.5) is 0 Å². The van der Waals surface area contributed by atoms with Crippen LogP contribution in [0.15, 0.2) is 24.3 Å². The van der Waals surface area contributed by atoms with Crippen molar-refractivity contribution in [2.24, 2.45) is 5.92 Å². The molecule has 2 fully saturated rings. The fourth-order valence-corrected chi connectivity index (χ4v) is 3.76. The zero-order valence-electron chi connectivity index (χ0n) is 14.9. The summed E-state index contributed by atoms with van der Waals surface area (Å²) < 4.78 is 0. The lowest BCUT2D eigenvalue weighted by Crippen LogP contribution is -2.48. The SMILES string of the molecule is CC1CCNC(C(=O)NCc2ccc(CN3CCCCC3)cc2)C1. The lowest BCUT2D eigenvalue weighted by molar-refractivity contribution is -0.124. The molecule has 2 atom stereocenters. The van der Waals surface area contributed by atoms with Crippen LogP contribution in [0.2, 0.25) is 0 Å². The monoisotopic (exact) mass is 329 g/mol. The smallest absolute Gasteiger partial charge is 0.237 e. The van der Waals surface area contributed by atoms with Gasteiger partial charge in [-0.15, -0.1) is 0 Å². The van der Waals surface area contributed by atoms with E-state index in [4.69, 9.17) is 0 Å². The van der Waals surface area contributed by atoms with Gasteiger partial charge in [0.25, 0.3) is 0 Å². The molecule has 132 valence electrons. The van der Waals surface area contributed by atoms with Crippen molar-refractivity contribution in [3.63, 3.8) is 0 Å². The number of carbonyl (C=O) groups is 1. The van der Waals surface area contributed by atoms with E-state index in [9.17, 15) is 4.79 Å². The van der Waals surface area contributed by atoms with Crippen molar-refractivity contribution >= 4 is 5.91 Å². The Morgan fingerprint density at radius 1 is 1.17 bits per heavy atom. The number of rotatable bonds is 5. The summed E-state index contributed by atoms with van der Waals surface area (Å²) in [6.07, 6.45) is 6.16. The van der Waals surface area contributed by atoms with Crippen LogP contribution in [0.1, 0.15) is 50.2 Å². The van der Waals surface area contributed by atoms with Crippen molar-refractivity contribution in [3.05, 3.63) is 35.4 Å². The Hall–Kier alpha value is -1.39. The zero-order chi connectivity index (χ0) is 16.8. The van der Waals surface area contributed by atoms with E-state index in [-0.39, 0.29) is 11.9 Å². The molecular formula is C20H31N3O. The van der Waals surface area contributed by atoms with E-state index in [1.54, 1.807) is 0 Å². The largest absolute Gasteiger partial charge is 0.351 e. The van der Waals surface area contributed by atoms with Gasteiger partial charge in [-0.3, -0.25) is 9.69 Å². The molecular weight excluding hydrogens is 298 g/mol. The van der Waals surface area contributed by atoms with Crippen LogP contribution in [0.3, 0.4) is 0 Å². The molecule has 0 saturated carbocycles. The maximum atomic E-state index is 12.3. The maximum absolute atomic E-state index is 12.3. The Morgan fingerprint density at radius 3 is 2.58 bits per heavy atom. The van der Waals surface area contributed by atoms with Gasteiger partial charge >= 0.3 is 0 Å². The van der Waals surface area contributed by atoms with Gasteiger partial charge in [-0.2, -0.15) is 0 Å². The summed E-state index contributed by atoms with van der Waals surface area (Å²) in [6, 6.07) is 8.69. The minimum atomic E-state index is -0.0212. The standard InChI is InChI=1S/C20H31N3O/c1-16-9-10-21-19(13-16)20(24)22-14-17-5-7-18(8-6-17)15-23-11-3-2-4-12-23/h5-8,16,19,21H,2-4,9-15H2,1H3,(H,22,24). The van der Waals surface area contributed by atoms with Crippen molar-refractivity contribution in [1.29, 1.82) is 0 Å². The summed E-state index contributed by atoms with van der Waals surface area (Å²) in [4.78, 5) is 14.8. The third-order valence-electron chi connectivity index (χ3n) is 5.33. The number of benzene rings is 1. The molecule has 2 saturated heterocycles. The Balaban J connectivity index is 1.44. The molecule has 0 spiro atoms. The summed E-state index contributed by atoms with van der Waals surface area (Å²) in [6.45, 7) is 7.30. The van der Waals surface area contributed by atoms with Crippen LogP contribution in [-0.2, 0) is 17.9 Å². The number of likely N-dealkylation sites (tertiary alicyclic amines) is 1. The molecule has 1 aromatic rings. The molecule has 0 radical (unpaired) electrons. The van der Waals surface area contributed by atoms with Crippen LogP contribution >= 0.6 is 0 Å². The minimum absolute atomic E-state index is 0.0212. The van der Waals surface area contributed by atoms with Gasteiger partial charge in [-0.05, 0) is 62.4 Å².